The monoisotopic (exact) mass is 416 g/mol. The molecule has 1 aliphatic carbocycles. The zero-order valence-corrected chi connectivity index (χ0v) is 17.6. The lowest BCUT2D eigenvalue weighted by atomic mass is 9.68. The molecule has 2 aliphatic heterocycles. The smallest absolute Gasteiger partial charge is 0.266 e. The van der Waals surface area contributed by atoms with Crippen molar-refractivity contribution in [3.8, 4) is 22.9 Å². The zero-order chi connectivity index (χ0) is 21.8. The van der Waals surface area contributed by atoms with E-state index in [0.717, 1.165) is 29.5 Å². The molecular formula is C24H24N4O3. The molecule has 0 saturated heterocycles. The van der Waals surface area contributed by atoms with Gasteiger partial charge in [-0.1, -0.05) is 18.2 Å². The van der Waals surface area contributed by atoms with Gasteiger partial charge in [0.2, 0.25) is 5.54 Å². The van der Waals surface area contributed by atoms with E-state index in [2.05, 4.69) is 6.07 Å². The number of nitrogens with two attached hydrogens (primary N) is 1. The summed E-state index contributed by atoms with van der Waals surface area (Å²) in [5, 5.41) is 9.27. The van der Waals surface area contributed by atoms with E-state index in [9.17, 15) is 10.1 Å². The molecule has 2 aromatic rings. The third-order valence-electron chi connectivity index (χ3n) is 6.97. The Labute approximate surface area is 181 Å². The SMILES string of the molecule is COC1CCC2(CC1)Oc1ccc(-c3cccc(C#N)c3)cc1C21N=C(N)N(C)C1=O. The van der Waals surface area contributed by atoms with E-state index in [0.29, 0.717) is 24.2 Å². The molecule has 5 rings (SSSR count). The average molecular weight is 416 g/mol. The molecule has 0 bridgehead atoms. The standard InChI is InChI=1S/C24H24N4O3/c1-28-21(29)24(27-22(28)26)19-13-17(16-5-3-4-15(12-16)14-25)6-7-20(19)31-23(24)10-8-18(30-2)9-11-23/h3-7,12-13,18H,8-11H2,1-2H3,(H2,26,27). The summed E-state index contributed by atoms with van der Waals surface area (Å²) in [5.41, 5.74) is 7.27. The molecule has 1 amide bonds. The van der Waals surface area contributed by atoms with Gasteiger partial charge in [0.1, 0.15) is 11.4 Å². The van der Waals surface area contributed by atoms with Gasteiger partial charge >= 0.3 is 0 Å². The largest absolute Gasteiger partial charge is 0.483 e. The number of carbonyl (C=O) groups is 1. The molecule has 1 saturated carbocycles. The fourth-order valence-electron chi connectivity index (χ4n) is 5.25. The number of benzene rings is 2. The van der Waals surface area contributed by atoms with Gasteiger partial charge in [-0.2, -0.15) is 5.26 Å². The van der Waals surface area contributed by atoms with Crippen LogP contribution in [-0.2, 0) is 15.1 Å². The van der Waals surface area contributed by atoms with E-state index >= 15 is 0 Å². The number of nitrogens with zero attached hydrogens (tertiary/aromatic N) is 3. The van der Waals surface area contributed by atoms with Crippen molar-refractivity contribution in [2.75, 3.05) is 14.2 Å². The minimum absolute atomic E-state index is 0.148. The van der Waals surface area contributed by atoms with Gasteiger partial charge in [-0.25, -0.2) is 4.99 Å². The minimum Gasteiger partial charge on any atom is -0.483 e. The Kier molecular flexibility index (Phi) is 4.31. The van der Waals surface area contributed by atoms with Gasteiger partial charge < -0.3 is 15.2 Å². The first-order valence-electron chi connectivity index (χ1n) is 10.4. The van der Waals surface area contributed by atoms with Crippen LogP contribution < -0.4 is 10.5 Å². The van der Waals surface area contributed by atoms with Crippen molar-refractivity contribution >= 4 is 11.9 Å². The minimum atomic E-state index is -1.21. The van der Waals surface area contributed by atoms with Crippen molar-refractivity contribution in [3.63, 3.8) is 0 Å². The number of rotatable bonds is 2. The van der Waals surface area contributed by atoms with Crippen molar-refractivity contribution in [2.45, 2.75) is 42.9 Å². The molecule has 1 unspecified atom stereocenters. The van der Waals surface area contributed by atoms with Gasteiger partial charge in [0, 0.05) is 19.7 Å². The van der Waals surface area contributed by atoms with Gasteiger partial charge in [-0.15, -0.1) is 0 Å². The van der Waals surface area contributed by atoms with Crippen LogP contribution >= 0.6 is 0 Å². The highest BCUT2D eigenvalue weighted by Crippen LogP contribution is 2.58. The number of hydrogen-bond donors (Lipinski definition) is 1. The first-order chi connectivity index (χ1) is 14.9. The number of amides is 1. The summed E-state index contributed by atoms with van der Waals surface area (Å²) in [7, 11) is 3.37. The van der Waals surface area contributed by atoms with Crippen LogP contribution in [0.25, 0.3) is 11.1 Å². The Morgan fingerprint density at radius 2 is 1.97 bits per heavy atom. The molecule has 2 aromatic carbocycles. The Balaban J connectivity index is 1.67. The maximum atomic E-state index is 13.7. The average Bonchev–Trinajstić information content (AvgIpc) is 3.20. The summed E-state index contributed by atoms with van der Waals surface area (Å²) in [6, 6.07) is 15.4. The van der Waals surface area contributed by atoms with Crippen LogP contribution in [0.4, 0.5) is 0 Å². The topological polar surface area (TPSA) is 101 Å². The van der Waals surface area contributed by atoms with E-state index in [1.54, 1.807) is 20.2 Å². The Morgan fingerprint density at radius 1 is 1.23 bits per heavy atom. The Hall–Kier alpha value is -3.37. The van der Waals surface area contributed by atoms with E-state index in [1.807, 2.05) is 36.4 Å². The maximum Gasteiger partial charge on any atom is 0.266 e. The van der Waals surface area contributed by atoms with Gasteiger partial charge in [-0.3, -0.25) is 9.69 Å². The third kappa shape index (κ3) is 2.61. The molecular weight excluding hydrogens is 392 g/mol. The van der Waals surface area contributed by atoms with E-state index in [-0.39, 0.29) is 18.0 Å². The third-order valence-corrected chi connectivity index (χ3v) is 6.97. The summed E-state index contributed by atoms with van der Waals surface area (Å²) in [6.45, 7) is 0. The molecule has 31 heavy (non-hydrogen) atoms. The van der Waals surface area contributed by atoms with Gasteiger partial charge in [-0.05, 0) is 61.1 Å². The van der Waals surface area contributed by atoms with Crippen LogP contribution in [0, 0.1) is 11.3 Å². The van der Waals surface area contributed by atoms with Crippen LogP contribution in [0.15, 0.2) is 47.5 Å². The lowest BCUT2D eigenvalue weighted by Crippen LogP contribution is -2.57. The van der Waals surface area contributed by atoms with Gasteiger partial charge in [0.25, 0.3) is 5.91 Å². The Bertz CT molecular complexity index is 1140. The molecule has 2 heterocycles. The Morgan fingerprint density at radius 3 is 2.61 bits per heavy atom. The molecule has 2 N–H and O–H groups in total. The van der Waals surface area contributed by atoms with Crippen LogP contribution in [-0.4, -0.2) is 42.6 Å². The van der Waals surface area contributed by atoms with Crippen molar-refractivity contribution in [3.05, 3.63) is 53.6 Å². The highest BCUT2D eigenvalue weighted by molar-refractivity contribution is 6.08. The number of hydrogen-bond acceptors (Lipinski definition) is 6. The molecule has 7 heteroatoms. The highest BCUT2D eigenvalue weighted by atomic mass is 16.5. The molecule has 0 radical (unpaired) electrons. The summed E-state index contributed by atoms with van der Waals surface area (Å²) < 4.78 is 12.1. The number of ether oxygens (including phenoxy) is 2. The van der Waals surface area contributed by atoms with Crippen LogP contribution in [0.2, 0.25) is 0 Å². The van der Waals surface area contributed by atoms with Gasteiger partial charge in [0.05, 0.1) is 17.7 Å². The molecule has 7 nitrogen and oxygen atoms in total. The molecule has 1 fully saturated rings. The second-order valence-corrected chi connectivity index (χ2v) is 8.48. The summed E-state index contributed by atoms with van der Waals surface area (Å²) >= 11 is 0. The molecule has 2 spiro atoms. The first kappa shape index (κ1) is 19.6. The summed E-state index contributed by atoms with van der Waals surface area (Å²) in [4.78, 5) is 19.8. The first-order valence-corrected chi connectivity index (χ1v) is 10.4. The molecule has 158 valence electrons. The van der Waals surface area contributed by atoms with Crippen molar-refractivity contribution in [1.82, 2.24) is 4.90 Å². The van der Waals surface area contributed by atoms with E-state index < -0.39 is 11.1 Å². The van der Waals surface area contributed by atoms with Crippen molar-refractivity contribution < 1.29 is 14.3 Å². The van der Waals surface area contributed by atoms with E-state index in [4.69, 9.17) is 20.2 Å². The normalized spacial score (nSPS) is 29.1. The molecule has 0 aromatic heterocycles. The van der Waals surface area contributed by atoms with Crippen molar-refractivity contribution in [1.29, 1.82) is 5.26 Å². The van der Waals surface area contributed by atoms with E-state index in [1.165, 1.54) is 4.90 Å². The van der Waals surface area contributed by atoms with Crippen LogP contribution in [0.5, 0.6) is 5.75 Å². The lowest BCUT2D eigenvalue weighted by Gasteiger charge is -2.43. The number of methoxy groups -OCH3 is 1. The number of fused-ring (bicyclic) bond motifs is 3. The summed E-state index contributed by atoms with van der Waals surface area (Å²) in [6.07, 6.45) is 3.02. The number of nitriles is 1. The highest BCUT2D eigenvalue weighted by Gasteiger charge is 2.68. The number of aliphatic imine (C=N–C) groups is 1. The van der Waals surface area contributed by atoms with Crippen LogP contribution in [0.1, 0.15) is 36.8 Å². The summed E-state index contributed by atoms with van der Waals surface area (Å²) in [5.74, 6) is 0.699. The fraction of sp³-hybridized carbons (Fsp3) is 0.375. The number of carbonyl (C=O) groups excluding carboxylic acids is 1. The van der Waals surface area contributed by atoms with Gasteiger partial charge in [0.15, 0.2) is 5.96 Å². The van der Waals surface area contributed by atoms with Crippen molar-refractivity contribution in [2.24, 2.45) is 10.7 Å². The fourth-order valence-corrected chi connectivity index (χ4v) is 5.25. The number of guanidine groups is 1. The van der Waals surface area contributed by atoms with Crippen LogP contribution in [0.3, 0.4) is 0 Å². The maximum absolute atomic E-state index is 13.7. The number of likely N-dealkylation sites (N-methyl/N-ethyl adjacent to an activating group) is 1. The molecule has 1 atom stereocenters. The predicted molar refractivity (Wildman–Crippen MR) is 115 cm³/mol. The lowest BCUT2D eigenvalue weighted by molar-refractivity contribution is -0.140. The zero-order valence-electron chi connectivity index (χ0n) is 17.6. The quantitative estimate of drug-likeness (QED) is 0.811. The second-order valence-electron chi connectivity index (χ2n) is 8.48. The predicted octanol–water partition coefficient (Wildman–Crippen LogP) is 2.93. The molecule has 3 aliphatic rings. The second kappa shape index (κ2) is 6.82.